The van der Waals surface area contributed by atoms with Gasteiger partial charge in [-0.3, -0.25) is 9.69 Å². The summed E-state index contributed by atoms with van der Waals surface area (Å²) in [5.41, 5.74) is 4.81. The average molecular weight is 461 g/mol. The van der Waals surface area contributed by atoms with Gasteiger partial charge in [-0.05, 0) is 78.4 Å². The number of piperidine rings is 1. The number of hydrogen-bond donors (Lipinski definition) is 0. The monoisotopic (exact) mass is 460 g/mol. The lowest BCUT2D eigenvalue weighted by molar-refractivity contribution is -0.130. The normalized spacial score (nSPS) is 14.7. The molecule has 4 rings (SSSR count). The molecule has 4 nitrogen and oxygen atoms in total. The van der Waals surface area contributed by atoms with E-state index in [1.165, 1.54) is 23.3 Å². The minimum atomic E-state index is -0.189. The van der Waals surface area contributed by atoms with Crippen LogP contribution in [-0.4, -0.2) is 35.9 Å². The Kier molecular flexibility index (Phi) is 7.96. The lowest BCUT2D eigenvalue weighted by Gasteiger charge is -2.33. The van der Waals surface area contributed by atoms with E-state index in [9.17, 15) is 9.18 Å². The van der Waals surface area contributed by atoms with Crippen LogP contribution < -0.4 is 4.74 Å². The SMILES string of the molecule is COc1ccc(CN(Cc2ccccc2C2CCN(Cc3ccc(F)cc3)CC2)C(C)=O)cc1. The van der Waals surface area contributed by atoms with Gasteiger partial charge in [-0.25, -0.2) is 4.39 Å². The lowest BCUT2D eigenvalue weighted by atomic mass is 9.86. The van der Waals surface area contributed by atoms with E-state index in [-0.39, 0.29) is 11.7 Å². The third-order valence-electron chi connectivity index (χ3n) is 6.74. The molecule has 0 saturated carbocycles. The fourth-order valence-corrected chi connectivity index (χ4v) is 4.76. The number of likely N-dealkylation sites (tertiary alicyclic amines) is 1. The van der Waals surface area contributed by atoms with Crippen LogP contribution in [0.15, 0.2) is 72.8 Å². The molecule has 0 aliphatic carbocycles. The molecule has 0 bridgehead atoms. The van der Waals surface area contributed by atoms with E-state index in [2.05, 4.69) is 29.2 Å². The van der Waals surface area contributed by atoms with Crippen LogP contribution in [0.2, 0.25) is 0 Å². The Bertz CT molecular complexity index is 1070. The van der Waals surface area contributed by atoms with E-state index in [1.54, 1.807) is 14.0 Å². The second-order valence-electron chi connectivity index (χ2n) is 9.10. The molecule has 1 aliphatic heterocycles. The number of nitrogens with zero attached hydrogens (tertiary/aromatic N) is 2. The number of hydrogen-bond acceptors (Lipinski definition) is 3. The van der Waals surface area contributed by atoms with Gasteiger partial charge in [0.1, 0.15) is 11.6 Å². The largest absolute Gasteiger partial charge is 0.497 e. The summed E-state index contributed by atoms with van der Waals surface area (Å²) < 4.78 is 18.4. The first-order valence-electron chi connectivity index (χ1n) is 11.9. The number of carbonyl (C=O) groups excluding carboxylic acids is 1. The molecule has 1 fully saturated rings. The predicted molar refractivity (Wildman–Crippen MR) is 133 cm³/mol. The van der Waals surface area contributed by atoms with Crippen molar-refractivity contribution in [2.75, 3.05) is 20.2 Å². The van der Waals surface area contributed by atoms with E-state index in [4.69, 9.17) is 4.74 Å². The zero-order chi connectivity index (χ0) is 23.9. The van der Waals surface area contributed by atoms with Crippen LogP contribution in [0.5, 0.6) is 5.75 Å². The molecule has 5 heteroatoms. The molecule has 0 atom stereocenters. The lowest BCUT2D eigenvalue weighted by Crippen LogP contribution is -2.33. The van der Waals surface area contributed by atoms with E-state index in [0.29, 0.717) is 19.0 Å². The first-order chi connectivity index (χ1) is 16.5. The van der Waals surface area contributed by atoms with Crippen LogP contribution in [0.25, 0.3) is 0 Å². The molecular weight excluding hydrogens is 427 g/mol. The molecule has 0 unspecified atom stereocenters. The van der Waals surface area contributed by atoms with Gasteiger partial charge in [0.05, 0.1) is 7.11 Å². The third-order valence-corrected chi connectivity index (χ3v) is 6.74. The highest BCUT2D eigenvalue weighted by Crippen LogP contribution is 2.32. The quantitative estimate of drug-likeness (QED) is 0.428. The van der Waals surface area contributed by atoms with E-state index in [1.807, 2.05) is 41.3 Å². The van der Waals surface area contributed by atoms with Crippen molar-refractivity contribution in [2.45, 2.75) is 45.3 Å². The van der Waals surface area contributed by atoms with Crippen LogP contribution in [0.3, 0.4) is 0 Å². The van der Waals surface area contributed by atoms with E-state index in [0.717, 1.165) is 49.4 Å². The minimum Gasteiger partial charge on any atom is -0.497 e. The molecule has 1 aliphatic rings. The van der Waals surface area contributed by atoms with Gasteiger partial charge < -0.3 is 9.64 Å². The van der Waals surface area contributed by atoms with Crippen molar-refractivity contribution in [1.29, 1.82) is 0 Å². The highest BCUT2D eigenvalue weighted by Gasteiger charge is 2.23. The molecule has 1 amide bonds. The molecule has 0 radical (unpaired) electrons. The number of methoxy groups -OCH3 is 1. The van der Waals surface area contributed by atoms with Crippen molar-refractivity contribution in [2.24, 2.45) is 0 Å². The Hall–Kier alpha value is -3.18. The van der Waals surface area contributed by atoms with Crippen LogP contribution >= 0.6 is 0 Å². The van der Waals surface area contributed by atoms with Gasteiger partial charge in [0.25, 0.3) is 0 Å². The van der Waals surface area contributed by atoms with Crippen LogP contribution in [0.4, 0.5) is 4.39 Å². The molecule has 1 heterocycles. The molecule has 178 valence electrons. The minimum absolute atomic E-state index is 0.0692. The van der Waals surface area contributed by atoms with Gasteiger partial charge >= 0.3 is 0 Å². The van der Waals surface area contributed by atoms with Crippen molar-refractivity contribution in [3.63, 3.8) is 0 Å². The Balaban J connectivity index is 1.40. The molecule has 0 aromatic heterocycles. The number of rotatable bonds is 8. The van der Waals surface area contributed by atoms with Crippen molar-refractivity contribution >= 4 is 5.91 Å². The summed E-state index contributed by atoms with van der Waals surface area (Å²) in [4.78, 5) is 16.8. The number of ether oxygens (including phenoxy) is 1. The van der Waals surface area contributed by atoms with Crippen LogP contribution in [0.1, 0.15) is 47.9 Å². The summed E-state index contributed by atoms with van der Waals surface area (Å²) in [5, 5.41) is 0. The van der Waals surface area contributed by atoms with Gasteiger partial charge in [-0.2, -0.15) is 0 Å². The van der Waals surface area contributed by atoms with E-state index < -0.39 is 0 Å². The number of amides is 1. The first-order valence-corrected chi connectivity index (χ1v) is 11.9. The second-order valence-corrected chi connectivity index (χ2v) is 9.10. The summed E-state index contributed by atoms with van der Waals surface area (Å²) in [6, 6.07) is 23.2. The van der Waals surface area contributed by atoms with Crippen molar-refractivity contribution < 1.29 is 13.9 Å². The van der Waals surface area contributed by atoms with E-state index >= 15 is 0 Å². The zero-order valence-corrected chi connectivity index (χ0v) is 20.0. The fraction of sp³-hybridized carbons (Fsp3) is 0.345. The van der Waals surface area contributed by atoms with Gasteiger partial charge in [-0.15, -0.1) is 0 Å². The van der Waals surface area contributed by atoms with Crippen LogP contribution in [-0.2, 0) is 24.4 Å². The molecule has 1 saturated heterocycles. The van der Waals surface area contributed by atoms with Gasteiger partial charge in [-0.1, -0.05) is 48.5 Å². The molecule has 3 aromatic rings. The van der Waals surface area contributed by atoms with Gasteiger partial charge in [0.2, 0.25) is 5.91 Å². The van der Waals surface area contributed by atoms with Crippen molar-refractivity contribution in [1.82, 2.24) is 9.80 Å². The molecule has 0 N–H and O–H groups in total. The average Bonchev–Trinajstić information content (AvgIpc) is 2.86. The number of halogens is 1. The van der Waals surface area contributed by atoms with Crippen LogP contribution in [0, 0.1) is 5.82 Å². The summed E-state index contributed by atoms with van der Waals surface area (Å²) in [5.74, 6) is 1.18. The maximum absolute atomic E-state index is 13.2. The Morgan fingerprint density at radius 3 is 2.24 bits per heavy atom. The first kappa shape index (κ1) is 24.0. The third kappa shape index (κ3) is 6.23. The highest BCUT2D eigenvalue weighted by atomic mass is 19.1. The van der Waals surface area contributed by atoms with Gasteiger partial charge in [0, 0.05) is 26.6 Å². The van der Waals surface area contributed by atoms with Crippen molar-refractivity contribution in [3.05, 3.63) is 101 Å². The summed E-state index contributed by atoms with van der Waals surface area (Å²) in [7, 11) is 1.65. The number of carbonyl (C=O) groups is 1. The zero-order valence-electron chi connectivity index (χ0n) is 20.0. The summed E-state index contributed by atoms with van der Waals surface area (Å²) >= 11 is 0. The Morgan fingerprint density at radius 1 is 0.941 bits per heavy atom. The Morgan fingerprint density at radius 2 is 1.59 bits per heavy atom. The standard InChI is InChI=1S/C29H33FN2O2/c1-22(33)32(20-24-9-13-28(34-2)14-10-24)21-26-5-3-4-6-29(26)25-15-17-31(18-16-25)19-23-7-11-27(30)12-8-23/h3-14,25H,15-21H2,1-2H3. The second kappa shape index (κ2) is 11.3. The van der Waals surface area contributed by atoms with Gasteiger partial charge in [0.15, 0.2) is 0 Å². The maximum atomic E-state index is 13.2. The maximum Gasteiger partial charge on any atom is 0.220 e. The smallest absolute Gasteiger partial charge is 0.220 e. The number of benzene rings is 3. The topological polar surface area (TPSA) is 32.8 Å². The Labute approximate surface area is 202 Å². The molecule has 0 spiro atoms. The summed E-state index contributed by atoms with van der Waals surface area (Å²) in [6.07, 6.45) is 2.16. The highest BCUT2D eigenvalue weighted by molar-refractivity contribution is 5.73. The van der Waals surface area contributed by atoms with Crippen molar-refractivity contribution in [3.8, 4) is 5.75 Å². The molecule has 34 heavy (non-hydrogen) atoms. The molecule has 3 aromatic carbocycles. The fourth-order valence-electron chi connectivity index (χ4n) is 4.76. The molecular formula is C29H33FN2O2. The predicted octanol–water partition coefficient (Wildman–Crippen LogP) is 5.76. The summed E-state index contributed by atoms with van der Waals surface area (Å²) in [6.45, 7) is 5.70.